The standard InChI is InChI=1S/C16H19ClN2/c1-3-19-16(11-13-6-8-18-9-7-13)14-5-4-12(2)10-15(14)17/h4-10,16,19H,3,11H2,1-2H3. The minimum Gasteiger partial charge on any atom is -0.310 e. The van der Waals surface area contributed by atoms with Crippen molar-refractivity contribution >= 4 is 11.6 Å². The number of aromatic nitrogens is 1. The monoisotopic (exact) mass is 274 g/mol. The molecule has 0 saturated carbocycles. The van der Waals surface area contributed by atoms with Gasteiger partial charge >= 0.3 is 0 Å². The minimum atomic E-state index is 0.237. The maximum Gasteiger partial charge on any atom is 0.0456 e. The Bertz CT molecular complexity index is 526. The van der Waals surface area contributed by atoms with Crippen LogP contribution in [0.4, 0.5) is 0 Å². The molecular weight excluding hydrogens is 256 g/mol. The van der Waals surface area contributed by atoms with Crippen molar-refractivity contribution in [2.45, 2.75) is 26.3 Å². The zero-order chi connectivity index (χ0) is 13.7. The zero-order valence-corrected chi connectivity index (χ0v) is 12.1. The van der Waals surface area contributed by atoms with Crippen LogP contribution in [0.2, 0.25) is 5.02 Å². The predicted octanol–water partition coefficient (Wildman–Crippen LogP) is 3.94. The van der Waals surface area contributed by atoms with E-state index in [4.69, 9.17) is 11.6 Å². The zero-order valence-electron chi connectivity index (χ0n) is 11.4. The van der Waals surface area contributed by atoms with Gasteiger partial charge < -0.3 is 5.32 Å². The van der Waals surface area contributed by atoms with E-state index in [0.29, 0.717) is 0 Å². The second-order valence-corrected chi connectivity index (χ2v) is 5.10. The van der Waals surface area contributed by atoms with Gasteiger partial charge in [-0.2, -0.15) is 0 Å². The molecule has 0 amide bonds. The molecule has 3 heteroatoms. The van der Waals surface area contributed by atoms with Crippen molar-refractivity contribution in [1.82, 2.24) is 10.3 Å². The van der Waals surface area contributed by atoms with Crippen molar-refractivity contribution in [3.63, 3.8) is 0 Å². The summed E-state index contributed by atoms with van der Waals surface area (Å²) in [6, 6.07) is 10.6. The molecule has 0 aliphatic heterocycles. The Balaban J connectivity index is 2.24. The van der Waals surface area contributed by atoms with E-state index < -0.39 is 0 Å². The van der Waals surface area contributed by atoms with E-state index in [1.54, 1.807) is 0 Å². The van der Waals surface area contributed by atoms with Gasteiger partial charge in [-0.1, -0.05) is 30.7 Å². The van der Waals surface area contributed by atoms with Gasteiger partial charge in [-0.3, -0.25) is 4.98 Å². The molecule has 0 fully saturated rings. The van der Waals surface area contributed by atoms with Crippen LogP contribution in [0.5, 0.6) is 0 Å². The summed E-state index contributed by atoms with van der Waals surface area (Å²) in [5, 5.41) is 4.34. The first-order valence-corrected chi connectivity index (χ1v) is 6.97. The van der Waals surface area contributed by atoms with Gasteiger partial charge in [0.2, 0.25) is 0 Å². The Morgan fingerprint density at radius 1 is 1.21 bits per heavy atom. The Morgan fingerprint density at radius 3 is 2.58 bits per heavy atom. The van der Waals surface area contributed by atoms with Crippen molar-refractivity contribution in [3.05, 3.63) is 64.4 Å². The summed E-state index contributed by atoms with van der Waals surface area (Å²) in [6.07, 6.45) is 4.57. The normalized spacial score (nSPS) is 12.4. The van der Waals surface area contributed by atoms with Crippen LogP contribution in [-0.2, 0) is 6.42 Å². The molecule has 1 aromatic carbocycles. The molecule has 0 aliphatic carbocycles. The number of hydrogen-bond acceptors (Lipinski definition) is 2. The SMILES string of the molecule is CCNC(Cc1ccncc1)c1ccc(C)cc1Cl. The van der Waals surface area contributed by atoms with Gasteiger partial charge in [0.1, 0.15) is 0 Å². The molecule has 0 saturated heterocycles. The van der Waals surface area contributed by atoms with Gasteiger partial charge in [0.05, 0.1) is 0 Å². The van der Waals surface area contributed by atoms with Gasteiger partial charge in [-0.25, -0.2) is 0 Å². The summed E-state index contributed by atoms with van der Waals surface area (Å²) in [4.78, 5) is 4.05. The summed E-state index contributed by atoms with van der Waals surface area (Å²) < 4.78 is 0. The summed E-state index contributed by atoms with van der Waals surface area (Å²) in [5.74, 6) is 0. The molecule has 0 radical (unpaired) electrons. The quantitative estimate of drug-likeness (QED) is 0.893. The van der Waals surface area contributed by atoms with Gasteiger partial charge in [0.15, 0.2) is 0 Å². The second kappa shape index (κ2) is 6.69. The van der Waals surface area contributed by atoms with Crippen molar-refractivity contribution in [1.29, 1.82) is 0 Å². The molecule has 1 N–H and O–H groups in total. The maximum absolute atomic E-state index is 6.37. The third-order valence-corrected chi connectivity index (χ3v) is 3.50. The molecule has 100 valence electrons. The lowest BCUT2D eigenvalue weighted by atomic mass is 9.98. The van der Waals surface area contributed by atoms with Crippen molar-refractivity contribution in [2.75, 3.05) is 6.54 Å². The van der Waals surface area contributed by atoms with Crippen molar-refractivity contribution in [3.8, 4) is 0 Å². The Labute approximate surface area is 119 Å². The van der Waals surface area contributed by atoms with Crippen LogP contribution in [0.1, 0.15) is 29.7 Å². The van der Waals surface area contributed by atoms with E-state index in [2.05, 4.69) is 36.3 Å². The van der Waals surface area contributed by atoms with Crippen LogP contribution in [0.3, 0.4) is 0 Å². The Hall–Kier alpha value is -1.38. The molecular formula is C16H19ClN2. The Kier molecular flexibility index (Phi) is 4.94. The fraction of sp³-hybridized carbons (Fsp3) is 0.312. The lowest BCUT2D eigenvalue weighted by Gasteiger charge is -2.20. The van der Waals surface area contributed by atoms with E-state index in [-0.39, 0.29) is 6.04 Å². The van der Waals surface area contributed by atoms with Gasteiger partial charge in [0, 0.05) is 23.5 Å². The number of halogens is 1. The average molecular weight is 275 g/mol. The number of likely N-dealkylation sites (N-methyl/N-ethyl adjacent to an activating group) is 1. The molecule has 1 aromatic heterocycles. The van der Waals surface area contributed by atoms with Crippen LogP contribution in [0.25, 0.3) is 0 Å². The smallest absolute Gasteiger partial charge is 0.0456 e. The largest absolute Gasteiger partial charge is 0.310 e. The van der Waals surface area contributed by atoms with Crippen LogP contribution in [0, 0.1) is 6.92 Å². The van der Waals surface area contributed by atoms with Crippen molar-refractivity contribution in [2.24, 2.45) is 0 Å². The summed E-state index contributed by atoms with van der Waals surface area (Å²) in [6.45, 7) is 5.09. The number of aryl methyl sites for hydroxylation is 1. The number of pyridine rings is 1. The maximum atomic E-state index is 6.37. The highest BCUT2D eigenvalue weighted by atomic mass is 35.5. The molecule has 0 spiro atoms. The highest BCUT2D eigenvalue weighted by Crippen LogP contribution is 2.26. The van der Waals surface area contributed by atoms with E-state index >= 15 is 0 Å². The number of nitrogens with zero attached hydrogens (tertiary/aromatic N) is 1. The molecule has 2 nitrogen and oxygen atoms in total. The first kappa shape index (κ1) is 14.0. The fourth-order valence-electron chi connectivity index (χ4n) is 2.21. The highest BCUT2D eigenvalue weighted by Gasteiger charge is 2.14. The number of nitrogens with one attached hydrogen (secondary N) is 1. The lowest BCUT2D eigenvalue weighted by Crippen LogP contribution is -2.23. The summed E-state index contributed by atoms with van der Waals surface area (Å²) >= 11 is 6.37. The van der Waals surface area contributed by atoms with Gasteiger partial charge in [-0.05, 0) is 54.8 Å². The van der Waals surface area contributed by atoms with E-state index in [0.717, 1.165) is 23.6 Å². The molecule has 2 aromatic rings. The second-order valence-electron chi connectivity index (χ2n) is 4.69. The molecule has 2 rings (SSSR count). The van der Waals surface area contributed by atoms with Crippen LogP contribution in [0.15, 0.2) is 42.7 Å². The van der Waals surface area contributed by atoms with E-state index in [9.17, 15) is 0 Å². The van der Waals surface area contributed by atoms with Crippen LogP contribution < -0.4 is 5.32 Å². The molecule has 0 aliphatic rings. The molecule has 1 heterocycles. The third-order valence-electron chi connectivity index (χ3n) is 3.17. The molecule has 19 heavy (non-hydrogen) atoms. The summed E-state index contributed by atoms with van der Waals surface area (Å²) in [7, 11) is 0. The third kappa shape index (κ3) is 3.79. The number of rotatable bonds is 5. The topological polar surface area (TPSA) is 24.9 Å². The van der Waals surface area contributed by atoms with E-state index in [1.807, 2.05) is 30.6 Å². The number of hydrogen-bond donors (Lipinski definition) is 1. The molecule has 0 bridgehead atoms. The fourth-order valence-corrected chi connectivity index (χ4v) is 2.57. The molecule has 1 unspecified atom stereocenters. The van der Waals surface area contributed by atoms with E-state index in [1.165, 1.54) is 11.1 Å². The highest BCUT2D eigenvalue weighted by molar-refractivity contribution is 6.31. The first-order valence-electron chi connectivity index (χ1n) is 6.59. The first-order chi connectivity index (χ1) is 9.20. The minimum absolute atomic E-state index is 0.237. The van der Waals surface area contributed by atoms with Crippen molar-refractivity contribution < 1.29 is 0 Å². The van der Waals surface area contributed by atoms with Crippen LogP contribution in [-0.4, -0.2) is 11.5 Å². The van der Waals surface area contributed by atoms with Gasteiger partial charge in [0.25, 0.3) is 0 Å². The summed E-state index contributed by atoms with van der Waals surface area (Å²) in [5.41, 5.74) is 3.61. The van der Waals surface area contributed by atoms with Crippen LogP contribution >= 0.6 is 11.6 Å². The van der Waals surface area contributed by atoms with Gasteiger partial charge in [-0.15, -0.1) is 0 Å². The Morgan fingerprint density at radius 2 is 1.95 bits per heavy atom. The lowest BCUT2D eigenvalue weighted by molar-refractivity contribution is 0.549. The average Bonchev–Trinajstić information content (AvgIpc) is 2.39. The predicted molar refractivity (Wildman–Crippen MR) is 80.5 cm³/mol. The molecule has 1 atom stereocenters. The number of benzene rings is 1.